The molecule has 1 amide bonds. The zero-order chi connectivity index (χ0) is 15.8. The van der Waals surface area contributed by atoms with Crippen LogP contribution in [-0.2, 0) is 15.0 Å². The lowest BCUT2D eigenvalue weighted by molar-refractivity contribution is -0.137. The summed E-state index contributed by atoms with van der Waals surface area (Å²) >= 11 is 0. The van der Waals surface area contributed by atoms with Crippen molar-refractivity contribution in [1.29, 1.82) is 0 Å². The van der Waals surface area contributed by atoms with Crippen LogP contribution >= 0.6 is 0 Å². The molecule has 1 fully saturated rings. The molecule has 0 aliphatic heterocycles. The van der Waals surface area contributed by atoms with Crippen LogP contribution in [0.15, 0.2) is 30.3 Å². The average Bonchev–Trinajstić information content (AvgIpc) is 2.55. The van der Waals surface area contributed by atoms with Gasteiger partial charge < -0.3 is 10.4 Å². The van der Waals surface area contributed by atoms with Crippen molar-refractivity contribution in [1.82, 2.24) is 5.32 Å². The van der Waals surface area contributed by atoms with Gasteiger partial charge in [-0.05, 0) is 31.2 Å². The van der Waals surface area contributed by atoms with Gasteiger partial charge in [0.2, 0.25) is 5.91 Å². The van der Waals surface area contributed by atoms with Crippen molar-refractivity contribution in [3.63, 3.8) is 0 Å². The van der Waals surface area contributed by atoms with E-state index in [1.165, 1.54) is 6.42 Å². The molecule has 0 radical (unpaired) electrons. The number of rotatable bonds is 7. The van der Waals surface area contributed by atoms with E-state index in [2.05, 4.69) is 17.4 Å². The molecule has 0 spiro atoms. The molecule has 1 aliphatic carbocycles. The summed E-state index contributed by atoms with van der Waals surface area (Å²) < 4.78 is 0. The predicted molar refractivity (Wildman–Crippen MR) is 85.7 cm³/mol. The third-order valence-electron chi connectivity index (χ3n) is 4.57. The van der Waals surface area contributed by atoms with Gasteiger partial charge in [-0.1, -0.05) is 49.6 Å². The first-order valence-electron chi connectivity index (χ1n) is 8.21. The molecule has 4 nitrogen and oxygen atoms in total. The second kappa shape index (κ2) is 7.97. The van der Waals surface area contributed by atoms with Gasteiger partial charge in [0.15, 0.2) is 0 Å². The maximum atomic E-state index is 12.8. The van der Waals surface area contributed by atoms with E-state index in [1.807, 2.05) is 18.2 Å². The smallest absolute Gasteiger partial charge is 0.303 e. The second-order valence-electron chi connectivity index (χ2n) is 6.12. The van der Waals surface area contributed by atoms with Crippen LogP contribution in [0.2, 0.25) is 0 Å². The summed E-state index contributed by atoms with van der Waals surface area (Å²) in [7, 11) is 0. The van der Waals surface area contributed by atoms with Crippen LogP contribution in [0.1, 0.15) is 56.9 Å². The first-order valence-corrected chi connectivity index (χ1v) is 8.21. The van der Waals surface area contributed by atoms with Gasteiger partial charge in [-0.25, -0.2) is 0 Å². The number of hydrogen-bond acceptors (Lipinski definition) is 2. The minimum atomic E-state index is -0.778. The minimum Gasteiger partial charge on any atom is -0.481 e. The molecule has 2 rings (SSSR count). The molecule has 2 N–H and O–H groups in total. The van der Waals surface area contributed by atoms with Crippen LogP contribution in [0.3, 0.4) is 0 Å². The lowest BCUT2D eigenvalue weighted by Crippen LogP contribution is -2.46. The summed E-state index contributed by atoms with van der Waals surface area (Å²) in [6.45, 7) is 0.556. The zero-order valence-electron chi connectivity index (χ0n) is 13.0. The Morgan fingerprint density at radius 2 is 1.73 bits per heavy atom. The Hall–Kier alpha value is -1.84. The Kier molecular flexibility index (Phi) is 5.99. The Bertz CT molecular complexity index is 492. The van der Waals surface area contributed by atoms with Crippen LogP contribution in [0, 0.1) is 0 Å². The summed E-state index contributed by atoms with van der Waals surface area (Å²) in [6.07, 6.45) is 6.65. The maximum Gasteiger partial charge on any atom is 0.303 e. The van der Waals surface area contributed by atoms with Crippen LogP contribution in [0.5, 0.6) is 0 Å². The largest absolute Gasteiger partial charge is 0.481 e. The van der Waals surface area contributed by atoms with Crippen LogP contribution in [-0.4, -0.2) is 23.5 Å². The number of amides is 1. The van der Waals surface area contributed by atoms with Gasteiger partial charge in [0.25, 0.3) is 0 Å². The monoisotopic (exact) mass is 303 g/mol. The van der Waals surface area contributed by atoms with Gasteiger partial charge in [0.1, 0.15) is 0 Å². The van der Waals surface area contributed by atoms with Crippen molar-refractivity contribution in [2.75, 3.05) is 6.54 Å². The zero-order valence-corrected chi connectivity index (χ0v) is 13.0. The van der Waals surface area contributed by atoms with Gasteiger partial charge in [0, 0.05) is 13.0 Å². The number of carbonyl (C=O) groups excluding carboxylic acids is 1. The fourth-order valence-corrected chi connectivity index (χ4v) is 3.33. The topological polar surface area (TPSA) is 66.4 Å². The number of nitrogens with one attached hydrogen (secondary N) is 1. The molecule has 0 atom stereocenters. The molecule has 0 bridgehead atoms. The quantitative estimate of drug-likeness (QED) is 0.760. The minimum absolute atomic E-state index is 0.105. The highest BCUT2D eigenvalue weighted by Gasteiger charge is 2.40. The van der Waals surface area contributed by atoms with Crippen molar-refractivity contribution >= 4 is 11.9 Å². The third-order valence-corrected chi connectivity index (χ3v) is 4.57. The van der Waals surface area contributed by atoms with E-state index >= 15 is 0 Å². The van der Waals surface area contributed by atoms with Crippen molar-refractivity contribution in [3.8, 4) is 0 Å². The summed E-state index contributed by atoms with van der Waals surface area (Å²) in [5.41, 5.74) is 0.712. The molecule has 120 valence electrons. The van der Waals surface area contributed by atoms with E-state index in [9.17, 15) is 9.59 Å². The van der Waals surface area contributed by atoms with Crippen LogP contribution in [0.25, 0.3) is 0 Å². The first kappa shape index (κ1) is 16.5. The standard InChI is InChI=1S/C18H25NO3/c20-16(21)11-5-8-14-19-17(22)18(12-6-2-7-13-18)15-9-3-1-4-10-15/h1,3-4,9-10H,2,5-8,11-14H2,(H,19,22)(H,20,21). The molecule has 1 aromatic carbocycles. The van der Waals surface area contributed by atoms with Gasteiger partial charge in [-0.15, -0.1) is 0 Å². The number of aliphatic carboxylic acids is 1. The fourth-order valence-electron chi connectivity index (χ4n) is 3.33. The van der Waals surface area contributed by atoms with Crippen LogP contribution in [0.4, 0.5) is 0 Å². The molecule has 0 unspecified atom stereocenters. The number of carboxylic acid groups (broad SMARTS) is 1. The number of hydrogen-bond donors (Lipinski definition) is 2. The third kappa shape index (κ3) is 4.09. The second-order valence-corrected chi connectivity index (χ2v) is 6.12. The van der Waals surface area contributed by atoms with E-state index in [0.29, 0.717) is 19.4 Å². The summed E-state index contributed by atoms with van der Waals surface area (Å²) in [6, 6.07) is 10.1. The fraction of sp³-hybridized carbons (Fsp3) is 0.556. The number of carbonyl (C=O) groups is 2. The number of unbranched alkanes of at least 4 members (excludes halogenated alkanes) is 1. The molecule has 1 saturated carbocycles. The van der Waals surface area contributed by atoms with E-state index in [4.69, 9.17) is 5.11 Å². The average molecular weight is 303 g/mol. The SMILES string of the molecule is O=C(O)CCCCNC(=O)C1(c2ccccc2)CCCCC1. The highest BCUT2D eigenvalue weighted by molar-refractivity contribution is 5.88. The van der Waals surface area contributed by atoms with E-state index in [-0.39, 0.29) is 12.3 Å². The van der Waals surface area contributed by atoms with E-state index < -0.39 is 11.4 Å². The van der Waals surface area contributed by atoms with Crippen molar-refractivity contribution in [3.05, 3.63) is 35.9 Å². The molecule has 1 aliphatic rings. The maximum absolute atomic E-state index is 12.8. The van der Waals surface area contributed by atoms with Crippen molar-refractivity contribution < 1.29 is 14.7 Å². The molecule has 4 heteroatoms. The molecular formula is C18H25NO3. The van der Waals surface area contributed by atoms with Crippen LogP contribution < -0.4 is 5.32 Å². The highest BCUT2D eigenvalue weighted by atomic mass is 16.4. The van der Waals surface area contributed by atoms with Gasteiger partial charge in [0.05, 0.1) is 5.41 Å². The molecule has 0 aromatic heterocycles. The number of benzene rings is 1. The molecule has 0 heterocycles. The first-order chi connectivity index (χ1) is 10.6. The van der Waals surface area contributed by atoms with Gasteiger partial charge in [-0.3, -0.25) is 9.59 Å². The molecule has 0 saturated heterocycles. The number of carboxylic acids is 1. The van der Waals surface area contributed by atoms with Gasteiger partial charge in [-0.2, -0.15) is 0 Å². The Morgan fingerprint density at radius 1 is 1.05 bits per heavy atom. The molecular weight excluding hydrogens is 278 g/mol. The normalized spacial score (nSPS) is 16.9. The van der Waals surface area contributed by atoms with Gasteiger partial charge >= 0.3 is 5.97 Å². The summed E-state index contributed by atoms with van der Waals surface area (Å²) in [5, 5.41) is 11.7. The highest BCUT2D eigenvalue weighted by Crippen LogP contribution is 2.39. The van der Waals surface area contributed by atoms with E-state index in [0.717, 1.165) is 31.2 Å². The Balaban J connectivity index is 1.97. The summed E-state index contributed by atoms with van der Waals surface area (Å²) in [5.74, 6) is -0.673. The molecule has 22 heavy (non-hydrogen) atoms. The van der Waals surface area contributed by atoms with E-state index in [1.54, 1.807) is 0 Å². The lowest BCUT2D eigenvalue weighted by atomic mass is 9.68. The predicted octanol–water partition coefficient (Wildman–Crippen LogP) is 3.26. The van der Waals surface area contributed by atoms with Crippen molar-refractivity contribution in [2.24, 2.45) is 0 Å². The van der Waals surface area contributed by atoms with Crippen molar-refractivity contribution in [2.45, 2.75) is 56.8 Å². The molecule has 1 aromatic rings. The Morgan fingerprint density at radius 3 is 2.36 bits per heavy atom. The lowest BCUT2D eigenvalue weighted by Gasteiger charge is -2.36. The summed E-state index contributed by atoms with van der Waals surface area (Å²) in [4.78, 5) is 23.3. The Labute approximate surface area is 131 Å².